The number of hydrogen-bond acceptors (Lipinski definition) is 4. The zero-order valence-corrected chi connectivity index (χ0v) is 9.71. The van der Waals surface area contributed by atoms with Crippen LogP contribution < -0.4 is 5.32 Å². The molecule has 1 rings (SSSR count). The van der Waals surface area contributed by atoms with Gasteiger partial charge in [-0.05, 0) is 33.3 Å². The maximum Gasteiger partial charge on any atom is 0.322 e. The van der Waals surface area contributed by atoms with Crippen LogP contribution in [0.3, 0.4) is 0 Å². The van der Waals surface area contributed by atoms with Crippen LogP contribution in [0.15, 0.2) is 24.4 Å². The first-order chi connectivity index (χ1) is 7.57. The molecule has 1 heterocycles. The number of carbonyl (C=O) groups is 1. The Morgan fingerprint density at radius 3 is 2.56 bits per heavy atom. The molecule has 0 spiro atoms. The average molecular weight is 223 g/mol. The van der Waals surface area contributed by atoms with E-state index in [9.17, 15) is 4.79 Å². The molecule has 0 saturated carbocycles. The number of rotatable bonds is 5. The average Bonchev–Trinajstić information content (AvgIpc) is 2.25. The van der Waals surface area contributed by atoms with Crippen LogP contribution in [0.2, 0.25) is 0 Å². The Morgan fingerprint density at radius 1 is 1.50 bits per heavy atom. The summed E-state index contributed by atoms with van der Waals surface area (Å²) < 4.78 is 0. The van der Waals surface area contributed by atoms with Crippen molar-refractivity contribution in [3.05, 3.63) is 30.1 Å². The van der Waals surface area contributed by atoms with E-state index in [0.717, 1.165) is 5.69 Å². The van der Waals surface area contributed by atoms with Gasteiger partial charge >= 0.3 is 5.97 Å². The first-order valence-corrected chi connectivity index (χ1v) is 5.05. The second-order valence-corrected chi connectivity index (χ2v) is 3.77. The number of aromatic nitrogens is 1. The predicted molar refractivity (Wildman–Crippen MR) is 61.1 cm³/mol. The highest BCUT2D eigenvalue weighted by molar-refractivity contribution is 5.74. The van der Waals surface area contributed by atoms with Gasteiger partial charge in [-0.2, -0.15) is 0 Å². The molecule has 5 heteroatoms. The van der Waals surface area contributed by atoms with Crippen molar-refractivity contribution in [2.45, 2.75) is 12.1 Å². The topological polar surface area (TPSA) is 65.5 Å². The molecule has 2 unspecified atom stereocenters. The van der Waals surface area contributed by atoms with Gasteiger partial charge in [0.1, 0.15) is 6.04 Å². The van der Waals surface area contributed by atoms with E-state index >= 15 is 0 Å². The van der Waals surface area contributed by atoms with Gasteiger partial charge in [0.05, 0.1) is 11.7 Å². The zero-order valence-electron chi connectivity index (χ0n) is 9.71. The van der Waals surface area contributed by atoms with Gasteiger partial charge in [0.25, 0.3) is 0 Å². The summed E-state index contributed by atoms with van der Waals surface area (Å²) in [7, 11) is 5.32. The maximum absolute atomic E-state index is 11.1. The van der Waals surface area contributed by atoms with Crippen LogP contribution in [0.4, 0.5) is 0 Å². The Hall–Kier alpha value is -1.46. The summed E-state index contributed by atoms with van der Waals surface area (Å²) in [6.07, 6.45) is 1.67. The van der Waals surface area contributed by atoms with Crippen molar-refractivity contribution in [2.75, 3.05) is 21.1 Å². The van der Waals surface area contributed by atoms with Crippen molar-refractivity contribution in [1.29, 1.82) is 0 Å². The second-order valence-electron chi connectivity index (χ2n) is 3.77. The van der Waals surface area contributed by atoms with Gasteiger partial charge in [-0.15, -0.1) is 0 Å². The van der Waals surface area contributed by atoms with E-state index in [1.807, 2.05) is 37.2 Å². The lowest BCUT2D eigenvalue weighted by molar-refractivity contribution is -0.141. The smallest absolute Gasteiger partial charge is 0.322 e. The fraction of sp³-hybridized carbons (Fsp3) is 0.455. The third-order valence-corrected chi connectivity index (χ3v) is 2.44. The first-order valence-electron chi connectivity index (χ1n) is 5.05. The van der Waals surface area contributed by atoms with Crippen molar-refractivity contribution in [3.63, 3.8) is 0 Å². The summed E-state index contributed by atoms with van der Waals surface area (Å²) in [5, 5.41) is 11.9. The summed E-state index contributed by atoms with van der Waals surface area (Å²) in [5.74, 6) is -0.883. The zero-order chi connectivity index (χ0) is 12.1. The molecule has 0 aliphatic rings. The molecule has 0 aromatic carbocycles. The van der Waals surface area contributed by atoms with Crippen molar-refractivity contribution < 1.29 is 9.90 Å². The largest absolute Gasteiger partial charge is 0.480 e. The van der Waals surface area contributed by atoms with Gasteiger partial charge in [0.2, 0.25) is 0 Å². The standard InChI is InChI=1S/C11H17N3O2/c1-12-9(11(15)16)10(14(2)3)8-6-4-5-7-13-8/h4-7,9-10,12H,1-3H3,(H,15,16). The molecule has 0 saturated heterocycles. The number of likely N-dealkylation sites (N-methyl/N-ethyl adjacent to an activating group) is 2. The molecule has 88 valence electrons. The van der Waals surface area contributed by atoms with E-state index in [4.69, 9.17) is 5.11 Å². The minimum Gasteiger partial charge on any atom is -0.480 e. The maximum atomic E-state index is 11.1. The molecular formula is C11H17N3O2. The van der Waals surface area contributed by atoms with E-state index < -0.39 is 12.0 Å². The fourth-order valence-corrected chi connectivity index (χ4v) is 1.70. The van der Waals surface area contributed by atoms with Gasteiger partial charge in [-0.3, -0.25) is 14.7 Å². The third kappa shape index (κ3) is 2.77. The predicted octanol–water partition coefficient (Wildman–Crippen LogP) is 0.357. The Morgan fingerprint density at radius 2 is 2.19 bits per heavy atom. The lowest BCUT2D eigenvalue weighted by Crippen LogP contribution is -2.45. The lowest BCUT2D eigenvalue weighted by Gasteiger charge is -2.28. The molecule has 2 N–H and O–H groups in total. The van der Waals surface area contributed by atoms with Gasteiger partial charge in [-0.25, -0.2) is 0 Å². The van der Waals surface area contributed by atoms with Crippen LogP contribution >= 0.6 is 0 Å². The third-order valence-electron chi connectivity index (χ3n) is 2.44. The minimum absolute atomic E-state index is 0.288. The van der Waals surface area contributed by atoms with E-state index in [-0.39, 0.29) is 6.04 Å². The van der Waals surface area contributed by atoms with E-state index in [1.165, 1.54) is 0 Å². The summed E-state index contributed by atoms with van der Waals surface area (Å²) in [6, 6.07) is 4.53. The van der Waals surface area contributed by atoms with Crippen LogP contribution in [0, 0.1) is 0 Å². The summed E-state index contributed by atoms with van der Waals surface area (Å²) >= 11 is 0. The monoisotopic (exact) mass is 223 g/mol. The van der Waals surface area contributed by atoms with Crippen molar-refractivity contribution in [3.8, 4) is 0 Å². The van der Waals surface area contributed by atoms with Crippen LogP contribution in [0.1, 0.15) is 11.7 Å². The number of carboxylic acid groups (broad SMARTS) is 1. The van der Waals surface area contributed by atoms with Crippen molar-refractivity contribution in [2.24, 2.45) is 0 Å². The highest BCUT2D eigenvalue weighted by Gasteiger charge is 2.30. The Kier molecular flexibility index (Phi) is 4.39. The van der Waals surface area contributed by atoms with E-state index in [0.29, 0.717) is 0 Å². The molecule has 0 aliphatic carbocycles. The number of aliphatic carboxylic acids is 1. The minimum atomic E-state index is -0.883. The van der Waals surface area contributed by atoms with Gasteiger partial charge in [0.15, 0.2) is 0 Å². The normalized spacial score (nSPS) is 14.8. The fourth-order valence-electron chi connectivity index (χ4n) is 1.70. The Bertz CT molecular complexity index is 340. The molecule has 0 fully saturated rings. The highest BCUT2D eigenvalue weighted by Crippen LogP contribution is 2.19. The Labute approximate surface area is 95.1 Å². The van der Waals surface area contributed by atoms with Gasteiger partial charge in [0, 0.05) is 6.20 Å². The van der Waals surface area contributed by atoms with E-state index in [2.05, 4.69) is 10.3 Å². The van der Waals surface area contributed by atoms with Gasteiger partial charge < -0.3 is 10.4 Å². The molecule has 16 heavy (non-hydrogen) atoms. The molecule has 0 radical (unpaired) electrons. The highest BCUT2D eigenvalue weighted by atomic mass is 16.4. The summed E-state index contributed by atoms with van der Waals surface area (Å²) in [5.41, 5.74) is 0.745. The van der Waals surface area contributed by atoms with Crippen molar-refractivity contribution in [1.82, 2.24) is 15.2 Å². The van der Waals surface area contributed by atoms with Crippen molar-refractivity contribution >= 4 is 5.97 Å². The second kappa shape index (κ2) is 5.58. The molecular weight excluding hydrogens is 206 g/mol. The van der Waals surface area contributed by atoms with Gasteiger partial charge in [-0.1, -0.05) is 6.07 Å². The number of pyridine rings is 1. The van der Waals surface area contributed by atoms with Crippen LogP contribution in [-0.4, -0.2) is 48.1 Å². The van der Waals surface area contributed by atoms with Crippen LogP contribution in [0.25, 0.3) is 0 Å². The number of hydrogen-bond donors (Lipinski definition) is 2. The number of nitrogens with one attached hydrogen (secondary N) is 1. The molecule has 5 nitrogen and oxygen atoms in total. The molecule has 1 aromatic heterocycles. The van der Waals surface area contributed by atoms with Crippen LogP contribution in [-0.2, 0) is 4.79 Å². The quantitative estimate of drug-likeness (QED) is 0.754. The lowest BCUT2D eigenvalue weighted by atomic mass is 10.0. The molecule has 2 atom stereocenters. The summed E-state index contributed by atoms with van der Waals surface area (Å²) in [4.78, 5) is 17.2. The molecule has 0 bridgehead atoms. The van der Waals surface area contributed by atoms with E-state index in [1.54, 1.807) is 13.2 Å². The van der Waals surface area contributed by atoms with Crippen LogP contribution in [0.5, 0.6) is 0 Å². The first kappa shape index (κ1) is 12.6. The number of nitrogens with zero attached hydrogens (tertiary/aromatic N) is 2. The Balaban J connectivity index is 3.04. The SMILES string of the molecule is CNC(C(=O)O)C(c1ccccn1)N(C)C. The molecule has 0 amide bonds. The molecule has 1 aromatic rings. The molecule has 0 aliphatic heterocycles. The summed E-state index contributed by atoms with van der Waals surface area (Å²) in [6.45, 7) is 0. The number of carboxylic acids is 1.